The molecule has 5 aromatic heterocycles. The van der Waals surface area contributed by atoms with Gasteiger partial charge in [0.15, 0.2) is 11.5 Å². The van der Waals surface area contributed by atoms with Crippen molar-refractivity contribution < 1.29 is 9.18 Å². The second-order valence-electron chi connectivity index (χ2n) is 9.46. The van der Waals surface area contributed by atoms with Crippen molar-refractivity contribution in [2.75, 3.05) is 5.32 Å². The number of aromatic amines is 2. The van der Waals surface area contributed by atoms with Crippen LogP contribution in [0.2, 0.25) is 0 Å². The minimum atomic E-state index is -0.313. The Morgan fingerprint density at radius 2 is 1.82 bits per heavy atom. The van der Waals surface area contributed by atoms with E-state index in [2.05, 4.69) is 30.5 Å². The molecule has 0 unspecified atom stereocenters. The number of benzene rings is 1. The highest BCUT2D eigenvalue weighted by Gasteiger charge is 2.18. The van der Waals surface area contributed by atoms with Gasteiger partial charge in [0.2, 0.25) is 5.91 Å². The lowest BCUT2D eigenvalue weighted by atomic mass is 10.0. The number of anilines is 1. The molecule has 0 saturated carbocycles. The summed E-state index contributed by atoms with van der Waals surface area (Å²) in [5.74, 6) is 0.161. The number of unbranched alkanes of at least 4 members (excludes halogenated alkanes) is 1. The number of rotatable bonds is 7. The molecule has 39 heavy (non-hydrogen) atoms. The number of halogens is 1. The van der Waals surface area contributed by atoms with Crippen LogP contribution in [0, 0.1) is 12.7 Å². The molecule has 0 atom stereocenters. The second kappa shape index (κ2) is 10.1. The average molecular weight is 521 g/mol. The highest BCUT2D eigenvalue weighted by molar-refractivity contribution is 5.96. The molecule has 0 saturated heterocycles. The van der Waals surface area contributed by atoms with Crippen LogP contribution in [-0.2, 0) is 4.79 Å². The van der Waals surface area contributed by atoms with Crippen LogP contribution in [0.3, 0.4) is 0 Å². The summed E-state index contributed by atoms with van der Waals surface area (Å²) in [5.41, 5.74) is 7.55. The van der Waals surface area contributed by atoms with Crippen molar-refractivity contribution in [1.82, 2.24) is 35.1 Å². The van der Waals surface area contributed by atoms with Gasteiger partial charge < -0.3 is 10.3 Å². The molecule has 3 N–H and O–H groups in total. The van der Waals surface area contributed by atoms with Gasteiger partial charge in [0, 0.05) is 29.9 Å². The third-order valence-corrected chi connectivity index (χ3v) is 6.45. The number of nitrogens with one attached hydrogen (secondary N) is 3. The molecule has 5 heterocycles. The number of pyridine rings is 3. The molecular weight excluding hydrogens is 495 g/mol. The number of H-pyrrole nitrogens is 2. The highest BCUT2D eigenvalue weighted by atomic mass is 19.1. The van der Waals surface area contributed by atoms with Gasteiger partial charge >= 0.3 is 0 Å². The Labute approximate surface area is 223 Å². The molecule has 194 valence electrons. The van der Waals surface area contributed by atoms with E-state index in [9.17, 15) is 9.18 Å². The fourth-order valence-electron chi connectivity index (χ4n) is 4.58. The maximum atomic E-state index is 14.1. The lowest BCUT2D eigenvalue weighted by Gasteiger charge is -2.07. The molecule has 0 aliphatic heterocycles. The summed E-state index contributed by atoms with van der Waals surface area (Å²) in [4.78, 5) is 33.8. The maximum absolute atomic E-state index is 14.1. The lowest BCUT2D eigenvalue weighted by Crippen LogP contribution is -2.11. The minimum absolute atomic E-state index is 0.0384. The molecule has 0 radical (unpaired) electrons. The van der Waals surface area contributed by atoms with Gasteiger partial charge in [0.1, 0.15) is 11.3 Å². The first-order chi connectivity index (χ1) is 19.0. The van der Waals surface area contributed by atoms with E-state index in [0.29, 0.717) is 51.4 Å². The predicted octanol–water partition coefficient (Wildman–Crippen LogP) is 6.20. The number of carbonyl (C=O) groups is 1. The summed E-state index contributed by atoms with van der Waals surface area (Å²) in [7, 11) is 0. The quantitative estimate of drug-likeness (QED) is 0.230. The molecule has 10 heteroatoms. The molecule has 0 spiro atoms. The Bertz CT molecular complexity index is 1820. The zero-order valence-electron chi connectivity index (χ0n) is 21.4. The zero-order chi connectivity index (χ0) is 26.9. The topological polar surface area (TPSA) is 125 Å². The predicted molar refractivity (Wildman–Crippen MR) is 148 cm³/mol. The lowest BCUT2D eigenvalue weighted by molar-refractivity contribution is -0.116. The van der Waals surface area contributed by atoms with Crippen LogP contribution in [0.25, 0.3) is 56.0 Å². The van der Waals surface area contributed by atoms with Gasteiger partial charge in [0.25, 0.3) is 0 Å². The molecule has 0 aliphatic rings. The van der Waals surface area contributed by atoms with Crippen LogP contribution in [0.4, 0.5) is 10.1 Å². The van der Waals surface area contributed by atoms with Gasteiger partial charge in [-0.3, -0.25) is 19.9 Å². The van der Waals surface area contributed by atoms with Crippen LogP contribution >= 0.6 is 0 Å². The normalized spacial score (nSPS) is 11.4. The standard InChI is InChI=1S/C29H25FN8O/c1-3-4-5-25(39)33-20-11-18(12-31-13-20)22-6-7-23-27(34-22)28(38-37-23)29-35-24-15-32-14-21(26(24)36-29)17-8-16(2)9-19(30)10-17/h6-15H,3-5H2,1-2H3,(H,33,39)(H,35,36)(H,37,38). The Morgan fingerprint density at radius 1 is 0.949 bits per heavy atom. The van der Waals surface area contributed by atoms with Crippen LogP contribution in [0.15, 0.2) is 61.2 Å². The first kappa shape index (κ1) is 24.4. The summed E-state index contributed by atoms with van der Waals surface area (Å²) < 4.78 is 14.1. The molecule has 6 rings (SSSR count). The first-order valence-electron chi connectivity index (χ1n) is 12.7. The van der Waals surface area contributed by atoms with Gasteiger partial charge in [-0.15, -0.1) is 0 Å². The maximum Gasteiger partial charge on any atom is 0.224 e. The van der Waals surface area contributed by atoms with E-state index in [-0.39, 0.29) is 11.7 Å². The van der Waals surface area contributed by atoms with E-state index in [1.807, 2.05) is 38.1 Å². The van der Waals surface area contributed by atoms with Crippen LogP contribution in [0.5, 0.6) is 0 Å². The average Bonchev–Trinajstić information content (AvgIpc) is 3.55. The summed E-state index contributed by atoms with van der Waals surface area (Å²) in [5, 5.41) is 10.4. The Hall–Kier alpha value is -4.99. The number of nitrogens with zero attached hydrogens (tertiary/aromatic N) is 5. The molecule has 9 nitrogen and oxygen atoms in total. The van der Waals surface area contributed by atoms with Crippen molar-refractivity contribution in [3.05, 3.63) is 72.6 Å². The number of aromatic nitrogens is 7. The Balaban J connectivity index is 1.38. The smallest absolute Gasteiger partial charge is 0.224 e. The third kappa shape index (κ3) is 4.84. The summed E-state index contributed by atoms with van der Waals surface area (Å²) >= 11 is 0. The first-order valence-corrected chi connectivity index (χ1v) is 12.7. The highest BCUT2D eigenvalue weighted by Crippen LogP contribution is 2.32. The molecule has 1 aromatic carbocycles. The van der Waals surface area contributed by atoms with E-state index in [0.717, 1.165) is 35.0 Å². The molecule has 6 aromatic rings. The Morgan fingerprint density at radius 3 is 2.67 bits per heavy atom. The van der Waals surface area contributed by atoms with Crippen molar-refractivity contribution >= 4 is 33.7 Å². The fraction of sp³-hybridized carbons (Fsp3) is 0.172. The summed E-state index contributed by atoms with van der Waals surface area (Å²) in [6.07, 6.45) is 8.95. The van der Waals surface area contributed by atoms with Crippen molar-refractivity contribution in [1.29, 1.82) is 0 Å². The number of carbonyl (C=O) groups excluding carboxylic acids is 1. The number of aryl methyl sites for hydroxylation is 1. The third-order valence-electron chi connectivity index (χ3n) is 6.45. The van der Waals surface area contributed by atoms with Crippen molar-refractivity contribution in [3.8, 4) is 33.9 Å². The zero-order valence-corrected chi connectivity index (χ0v) is 21.4. The summed E-state index contributed by atoms with van der Waals surface area (Å²) in [6.45, 7) is 3.90. The van der Waals surface area contributed by atoms with Gasteiger partial charge in [-0.05, 0) is 54.8 Å². The van der Waals surface area contributed by atoms with E-state index < -0.39 is 0 Å². The molecule has 0 fully saturated rings. The van der Waals surface area contributed by atoms with Crippen molar-refractivity contribution in [2.45, 2.75) is 33.1 Å². The van der Waals surface area contributed by atoms with Gasteiger partial charge in [-0.2, -0.15) is 5.10 Å². The second-order valence-corrected chi connectivity index (χ2v) is 9.46. The van der Waals surface area contributed by atoms with E-state index in [1.54, 1.807) is 24.8 Å². The summed E-state index contributed by atoms with van der Waals surface area (Å²) in [6, 6.07) is 10.5. The largest absolute Gasteiger partial charge is 0.335 e. The SMILES string of the molecule is CCCCC(=O)Nc1cncc(-c2ccc3[nH]nc(-c4nc5c(-c6cc(C)cc(F)c6)cncc5[nH]4)c3n2)c1. The minimum Gasteiger partial charge on any atom is -0.335 e. The molecular formula is C29H25FN8O. The number of fused-ring (bicyclic) bond motifs is 2. The number of imidazole rings is 1. The fourth-order valence-corrected chi connectivity index (χ4v) is 4.58. The van der Waals surface area contributed by atoms with Crippen molar-refractivity contribution in [2.24, 2.45) is 0 Å². The van der Waals surface area contributed by atoms with E-state index >= 15 is 0 Å². The Kier molecular flexibility index (Phi) is 6.28. The molecule has 0 bridgehead atoms. The number of hydrogen-bond donors (Lipinski definition) is 3. The molecule has 1 amide bonds. The molecule has 0 aliphatic carbocycles. The van der Waals surface area contributed by atoms with Gasteiger partial charge in [-0.25, -0.2) is 14.4 Å². The van der Waals surface area contributed by atoms with Crippen LogP contribution in [-0.4, -0.2) is 41.0 Å². The van der Waals surface area contributed by atoms with E-state index in [4.69, 9.17) is 9.97 Å². The number of amides is 1. The van der Waals surface area contributed by atoms with Gasteiger partial charge in [-0.1, -0.05) is 19.4 Å². The van der Waals surface area contributed by atoms with E-state index in [1.165, 1.54) is 12.1 Å². The monoisotopic (exact) mass is 520 g/mol. The van der Waals surface area contributed by atoms with Crippen molar-refractivity contribution in [3.63, 3.8) is 0 Å². The van der Waals surface area contributed by atoms with Gasteiger partial charge in [0.05, 0.1) is 40.3 Å². The van der Waals surface area contributed by atoms with Crippen LogP contribution < -0.4 is 5.32 Å². The van der Waals surface area contributed by atoms with Crippen LogP contribution in [0.1, 0.15) is 31.7 Å². The number of hydrogen-bond acceptors (Lipinski definition) is 6.